The van der Waals surface area contributed by atoms with E-state index >= 15 is 0 Å². The summed E-state index contributed by atoms with van der Waals surface area (Å²) < 4.78 is 0. The number of carbonyl (C=O) groups excluding carboxylic acids is 1. The summed E-state index contributed by atoms with van der Waals surface area (Å²) in [6.07, 6.45) is 1.48. The van der Waals surface area contributed by atoms with Crippen molar-refractivity contribution in [2.75, 3.05) is 5.32 Å². The Kier molecular flexibility index (Phi) is 3.48. The van der Waals surface area contributed by atoms with Crippen molar-refractivity contribution in [3.63, 3.8) is 0 Å². The van der Waals surface area contributed by atoms with Crippen molar-refractivity contribution < 1.29 is 9.90 Å². The van der Waals surface area contributed by atoms with Crippen molar-refractivity contribution in [3.8, 4) is 5.75 Å². The molecule has 2 aromatic rings. The highest BCUT2D eigenvalue weighted by molar-refractivity contribution is 5.98. The van der Waals surface area contributed by atoms with Gasteiger partial charge in [-0.2, -0.15) is 0 Å². The number of nitrogens with zero attached hydrogens (tertiary/aromatic N) is 1. The maximum atomic E-state index is 12.2. The molecule has 0 spiro atoms. The minimum atomic E-state index is -1.20. The Morgan fingerprint density at radius 2 is 1.95 bits per heavy atom. The Morgan fingerprint density at radius 3 is 2.58 bits per heavy atom. The van der Waals surface area contributed by atoms with Crippen LogP contribution in [0.15, 0.2) is 48.7 Å². The number of hydrogen-bond donors (Lipinski definition) is 3. The molecule has 1 amide bonds. The Bertz CT molecular complexity index is 582. The lowest BCUT2D eigenvalue weighted by molar-refractivity contribution is -0.120. The van der Waals surface area contributed by atoms with E-state index in [-0.39, 0.29) is 11.6 Å². The summed E-state index contributed by atoms with van der Waals surface area (Å²) in [6.45, 7) is 1.61. The molecule has 5 nitrogen and oxygen atoms in total. The van der Waals surface area contributed by atoms with Gasteiger partial charge in [-0.05, 0) is 24.6 Å². The molecule has 1 atom stereocenters. The molecule has 4 N–H and O–H groups in total. The first kappa shape index (κ1) is 13.0. The zero-order valence-corrected chi connectivity index (χ0v) is 10.5. The smallest absolute Gasteiger partial charge is 0.250 e. The van der Waals surface area contributed by atoms with Crippen molar-refractivity contribution in [1.82, 2.24) is 4.98 Å². The first-order chi connectivity index (χ1) is 9.01. The van der Waals surface area contributed by atoms with Gasteiger partial charge in [-0.1, -0.05) is 30.3 Å². The van der Waals surface area contributed by atoms with Crippen LogP contribution in [0.4, 0.5) is 5.82 Å². The van der Waals surface area contributed by atoms with Crippen molar-refractivity contribution in [2.45, 2.75) is 12.5 Å². The SMILES string of the molecule is CC(N)(C(=O)Nc1ncccc1O)c1ccccc1. The van der Waals surface area contributed by atoms with E-state index in [1.54, 1.807) is 25.1 Å². The summed E-state index contributed by atoms with van der Waals surface area (Å²) in [5.41, 5.74) is 5.54. The van der Waals surface area contributed by atoms with Gasteiger partial charge in [-0.25, -0.2) is 4.98 Å². The van der Waals surface area contributed by atoms with Crippen LogP contribution in [0, 0.1) is 0 Å². The van der Waals surface area contributed by atoms with Crippen molar-refractivity contribution in [2.24, 2.45) is 5.73 Å². The fraction of sp³-hybridized carbons (Fsp3) is 0.143. The number of hydrogen-bond acceptors (Lipinski definition) is 4. The fourth-order valence-electron chi connectivity index (χ4n) is 1.65. The molecule has 1 heterocycles. The molecule has 0 saturated heterocycles. The van der Waals surface area contributed by atoms with Gasteiger partial charge in [0.05, 0.1) is 0 Å². The lowest BCUT2D eigenvalue weighted by Crippen LogP contribution is -2.45. The zero-order chi connectivity index (χ0) is 13.9. The Balaban J connectivity index is 2.23. The number of benzene rings is 1. The molecule has 0 aliphatic rings. The van der Waals surface area contributed by atoms with Crippen LogP contribution in [0.2, 0.25) is 0 Å². The Hall–Kier alpha value is -2.40. The molecule has 5 heteroatoms. The minimum Gasteiger partial charge on any atom is -0.504 e. The number of amides is 1. The van der Waals surface area contributed by atoms with Gasteiger partial charge in [-0.3, -0.25) is 4.79 Å². The second kappa shape index (κ2) is 5.07. The average molecular weight is 257 g/mol. The molecule has 1 aromatic carbocycles. The summed E-state index contributed by atoms with van der Waals surface area (Å²) in [5.74, 6) is -0.437. The van der Waals surface area contributed by atoms with Gasteiger partial charge in [0.2, 0.25) is 5.91 Å². The molecule has 2 rings (SSSR count). The quantitative estimate of drug-likeness (QED) is 0.779. The highest BCUT2D eigenvalue weighted by Crippen LogP contribution is 2.23. The van der Waals surface area contributed by atoms with Crippen LogP contribution < -0.4 is 11.1 Å². The first-order valence-corrected chi connectivity index (χ1v) is 5.81. The van der Waals surface area contributed by atoms with Crippen LogP contribution in [0.3, 0.4) is 0 Å². The number of aromatic hydroxyl groups is 1. The number of aromatic nitrogens is 1. The third kappa shape index (κ3) is 2.71. The standard InChI is InChI=1S/C14H15N3O2/c1-14(15,10-6-3-2-4-7-10)13(19)17-12-11(18)8-5-9-16-12/h2-9,18H,15H2,1H3,(H,16,17,19). The predicted octanol–water partition coefficient (Wildman–Crippen LogP) is 1.60. The van der Waals surface area contributed by atoms with Gasteiger partial charge in [0.25, 0.3) is 0 Å². The zero-order valence-electron chi connectivity index (χ0n) is 10.5. The molecule has 1 unspecified atom stereocenters. The maximum absolute atomic E-state index is 12.2. The van der Waals surface area contributed by atoms with E-state index < -0.39 is 11.4 Å². The summed E-state index contributed by atoms with van der Waals surface area (Å²) in [6, 6.07) is 12.0. The van der Waals surface area contributed by atoms with Gasteiger partial charge in [0.15, 0.2) is 11.6 Å². The van der Waals surface area contributed by atoms with Crippen LogP contribution >= 0.6 is 0 Å². The lowest BCUT2D eigenvalue weighted by atomic mass is 9.92. The molecule has 0 radical (unpaired) electrons. The third-order valence-corrected chi connectivity index (χ3v) is 2.86. The van der Waals surface area contributed by atoms with E-state index in [0.717, 1.165) is 0 Å². The number of anilines is 1. The van der Waals surface area contributed by atoms with Crippen LogP contribution in [-0.2, 0) is 10.3 Å². The monoisotopic (exact) mass is 257 g/mol. The van der Waals surface area contributed by atoms with Gasteiger partial charge < -0.3 is 16.2 Å². The lowest BCUT2D eigenvalue weighted by Gasteiger charge is -2.23. The number of nitrogens with one attached hydrogen (secondary N) is 1. The molecule has 1 aromatic heterocycles. The average Bonchev–Trinajstić information content (AvgIpc) is 2.42. The van der Waals surface area contributed by atoms with Crippen molar-refractivity contribution >= 4 is 11.7 Å². The van der Waals surface area contributed by atoms with E-state index in [2.05, 4.69) is 10.3 Å². The second-order valence-corrected chi connectivity index (χ2v) is 4.39. The van der Waals surface area contributed by atoms with Gasteiger partial charge in [-0.15, -0.1) is 0 Å². The molecule has 0 fully saturated rings. The molecular formula is C14H15N3O2. The number of rotatable bonds is 3. The summed E-state index contributed by atoms with van der Waals surface area (Å²) in [4.78, 5) is 16.1. The molecule has 0 aliphatic carbocycles. The highest BCUT2D eigenvalue weighted by atomic mass is 16.3. The topological polar surface area (TPSA) is 88.2 Å². The molecule has 98 valence electrons. The maximum Gasteiger partial charge on any atom is 0.250 e. The van der Waals surface area contributed by atoms with E-state index in [0.29, 0.717) is 5.56 Å². The highest BCUT2D eigenvalue weighted by Gasteiger charge is 2.31. The molecule has 19 heavy (non-hydrogen) atoms. The summed E-state index contributed by atoms with van der Waals surface area (Å²) >= 11 is 0. The number of carbonyl (C=O) groups is 1. The summed E-state index contributed by atoms with van der Waals surface area (Å²) in [5, 5.41) is 12.1. The first-order valence-electron chi connectivity index (χ1n) is 5.81. The van der Waals surface area contributed by atoms with Gasteiger partial charge in [0, 0.05) is 6.20 Å². The molecule has 0 bridgehead atoms. The van der Waals surface area contributed by atoms with Gasteiger partial charge >= 0.3 is 0 Å². The van der Waals surface area contributed by atoms with Crippen LogP contribution in [0.25, 0.3) is 0 Å². The normalized spacial score (nSPS) is 13.6. The van der Waals surface area contributed by atoms with E-state index in [4.69, 9.17) is 5.73 Å². The van der Waals surface area contributed by atoms with E-state index in [1.807, 2.05) is 18.2 Å². The summed E-state index contributed by atoms with van der Waals surface area (Å²) in [7, 11) is 0. The van der Waals surface area contributed by atoms with Crippen LogP contribution in [0.5, 0.6) is 5.75 Å². The molecule has 0 saturated carbocycles. The molecule has 0 aliphatic heterocycles. The van der Waals surface area contributed by atoms with Crippen molar-refractivity contribution in [3.05, 3.63) is 54.2 Å². The largest absolute Gasteiger partial charge is 0.504 e. The number of pyridine rings is 1. The van der Waals surface area contributed by atoms with Crippen LogP contribution in [0.1, 0.15) is 12.5 Å². The van der Waals surface area contributed by atoms with Crippen molar-refractivity contribution in [1.29, 1.82) is 0 Å². The minimum absolute atomic E-state index is 0.0973. The molecular weight excluding hydrogens is 242 g/mol. The Morgan fingerprint density at radius 1 is 1.26 bits per heavy atom. The van der Waals surface area contributed by atoms with E-state index in [9.17, 15) is 9.90 Å². The second-order valence-electron chi connectivity index (χ2n) is 4.39. The third-order valence-electron chi connectivity index (χ3n) is 2.86. The van der Waals surface area contributed by atoms with E-state index in [1.165, 1.54) is 12.3 Å². The van der Waals surface area contributed by atoms with Crippen LogP contribution in [-0.4, -0.2) is 16.0 Å². The fourth-order valence-corrected chi connectivity index (χ4v) is 1.65. The number of nitrogens with two attached hydrogens (primary N) is 1. The van der Waals surface area contributed by atoms with Gasteiger partial charge in [0.1, 0.15) is 5.54 Å². The Labute approximate surface area is 111 Å². The predicted molar refractivity (Wildman–Crippen MR) is 72.5 cm³/mol.